The maximum Gasteiger partial charge on any atom is 0.218 e. The Bertz CT molecular complexity index is 161. The molecule has 0 spiro atoms. The molecule has 0 rings (SSSR count). The second-order valence-corrected chi connectivity index (χ2v) is 2.48. The van der Waals surface area contributed by atoms with Crippen LogP contribution in [0.15, 0.2) is 24.8 Å². The molecule has 2 N–H and O–H groups in total. The number of rotatable bonds is 5. The summed E-state index contributed by atoms with van der Waals surface area (Å²) in [6.07, 6.45) is 6.93. The van der Waals surface area contributed by atoms with Gasteiger partial charge < -0.3 is 5.73 Å². The van der Waals surface area contributed by atoms with E-state index in [9.17, 15) is 4.79 Å². The van der Waals surface area contributed by atoms with E-state index in [4.69, 9.17) is 5.73 Å². The average Bonchev–Trinajstić information content (AvgIpc) is 1.87. The molecule has 0 saturated carbocycles. The summed E-state index contributed by atoms with van der Waals surface area (Å²) in [4.78, 5) is 10.5. The van der Waals surface area contributed by atoms with Gasteiger partial charge in [-0.25, -0.2) is 0 Å². The molecule has 2 heteroatoms. The highest BCUT2D eigenvalue weighted by molar-refractivity contribution is 5.74. The fraction of sp³-hybridized carbons (Fsp3) is 0.444. The van der Waals surface area contributed by atoms with Gasteiger partial charge in [-0.15, -0.1) is 6.58 Å². The third-order valence-electron chi connectivity index (χ3n) is 1.40. The number of amides is 1. The van der Waals surface area contributed by atoms with Crippen molar-refractivity contribution < 1.29 is 4.79 Å². The molecule has 0 heterocycles. The van der Waals surface area contributed by atoms with Crippen LogP contribution >= 0.6 is 0 Å². The number of primary amides is 1. The maximum absolute atomic E-state index is 10.5. The molecule has 62 valence electrons. The minimum Gasteiger partial charge on any atom is -0.370 e. The van der Waals surface area contributed by atoms with Crippen LogP contribution in [0.1, 0.15) is 19.8 Å². The lowest BCUT2D eigenvalue weighted by atomic mass is 10.0. The number of hydrogen-bond acceptors (Lipinski definition) is 1. The van der Waals surface area contributed by atoms with Gasteiger partial charge in [0, 0.05) is 6.42 Å². The molecule has 0 aromatic carbocycles. The smallest absolute Gasteiger partial charge is 0.218 e. The first-order valence-corrected chi connectivity index (χ1v) is 3.72. The van der Waals surface area contributed by atoms with Gasteiger partial charge in [0.05, 0.1) is 0 Å². The lowest BCUT2D eigenvalue weighted by molar-refractivity contribution is -0.118. The van der Waals surface area contributed by atoms with Crippen LogP contribution in [0.25, 0.3) is 0 Å². The summed E-state index contributed by atoms with van der Waals surface area (Å²) in [5.41, 5.74) is 5.05. The first-order valence-electron chi connectivity index (χ1n) is 3.72. The van der Waals surface area contributed by atoms with Gasteiger partial charge in [0.15, 0.2) is 0 Å². The predicted octanol–water partition coefficient (Wildman–Crippen LogP) is 1.63. The molecule has 1 unspecified atom stereocenters. The Kier molecular flexibility index (Phi) is 5.17. The van der Waals surface area contributed by atoms with E-state index >= 15 is 0 Å². The molecular weight excluding hydrogens is 138 g/mol. The van der Waals surface area contributed by atoms with E-state index < -0.39 is 0 Å². The lowest BCUT2D eigenvalue weighted by Crippen LogP contribution is -2.14. The van der Waals surface area contributed by atoms with E-state index in [1.807, 2.05) is 19.1 Å². The summed E-state index contributed by atoms with van der Waals surface area (Å²) in [6, 6.07) is 0. The highest BCUT2D eigenvalue weighted by atomic mass is 16.1. The molecule has 0 aliphatic heterocycles. The van der Waals surface area contributed by atoms with Crippen LogP contribution in [0.5, 0.6) is 0 Å². The molecule has 0 saturated heterocycles. The van der Waals surface area contributed by atoms with E-state index in [1.165, 1.54) is 0 Å². The summed E-state index contributed by atoms with van der Waals surface area (Å²) in [5, 5.41) is 0. The van der Waals surface area contributed by atoms with Crippen molar-refractivity contribution in [2.24, 2.45) is 11.7 Å². The van der Waals surface area contributed by atoms with E-state index in [0.717, 1.165) is 6.42 Å². The van der Waals surface area contributed by atoms with Gasteiger partial charge in [-0.3, -0.25) is 4.79 Å². The Balaban J connectivity index is 3.87. The van der Waals surface area contributed by atoms with Gasteiger partial charge >= 0.3 is 0 Å². The fourth-order valence-corrected chi connectivity index (χ4v) is 0.975. The highest BCUT2D eigenvalue weighted by Gasteiger charge is 2.05. The zero-order valence-corrected chi connectivity index (χ0v) is 6.92. The number of allylic oxidation sites excluding steroid dienone is 3. The van der Waals surface area contributed by atoms with Crippen molar-refractivity contribution in [3.05, 3.63) is 24.8 Å². The van der Waals surface area contributed by atoms with Crippen LogP contribution in [0.3, 0.4) is 0 Å². The molecule has 11 heavy (non-hydrogen) atoms. The zero-order chi connectivity index (χ0) is 8.69. The Labute approximate surface area is 67.8 Å². The van der Waals surface area contributed by atoms with Crippen LogP contribution < -0.4 is 5.73 Å². The average molecular weight is 153 g/mol. The molecule has 0 aliphatic rings. The molecule has 1 atom stereocenters. The quantitative estimate of drug-likeness (QED) is 0.599. The second kappa shape index (κ2) is 5.71. The van der Waals surface area contributed by atoms with Gasteiger partial charge in [-0.1, -0.05) is 18.2 Å². The third kappa shape index (κ3) is 5.40. The van der Waals surface area contributed by atoms with Crippen molar-refractivity contribution in [2.45, 2.75) is 19.8 Å². The van der Waals surface area contributed by atoms with Crippen molar-refractivity contribution in [3.63, 3.8) is 0 Å². The molecule has 0 aromatic heterocycles. The molecule has 0 radical (unpaired) electrons. The number of nitrogens with two attached hydrogens (primary N) is 1. The minimum atomic E-state index is -0.255. The fourth-order valence-electron chi connectivity index (χ4n) is 0.975. The first kappa shape index (κ1) is 9.95. The summed E-state index contributed by atoms with van der Waals surface area (Å²) >= 11 is 0. The van der Waals surface area contributed by atoms with Gasteiger partial charge in [0.1, 0.15) is 0 Å². The summed E-state index contributed by atoms with van der Waals surface area (Å²) < 4.78 is 0. The van der Waals surface area contributed by atoms with Crippen LogP contribution in [0, 0.1) is 5.92 Å². The van der Waals surface area contributed by atoms with Gasteiger partial charge in [-0.2, -0.15) is 0 Å². The molecule has 0 fully saturated rings. The van der Waals surface area contributed by atoms with Crippen LogP contribution in [0.4, 0.5) is 0 Å². The van der Waals surface area contributed by atoms with Crippen molar-refractivity contribution in [3.8, 4) is 0 Å². The molecule has 0 aliphatic carbocycles. The Morgan fingerprint density at radius 2 is 2.36 bits per heavy atom. The van der Waals surface area contributed by atoms with Gasteiger partial charge in [-0.05, 0) is 19.3 Å². The predicted molar refractivity (Wildman–Crippen MR) is 46.9 cm³/mol. The standard InChI is InChI=1S/C9H15NO/c1-3-5-8(6-4-2)7-9(10)11/h3-4,6,8H,1,5,7H2,2H3,(H2,10,11)/b6-4+. The summed E-state index contributed by atoms with van der Waals surface area (Å²) in [6.45, 7) is 5.53. The van der Waals surface area contributed by atoms with Crippen molar-refractivity contribution in [1.29, 1.82) is 0 Å². The SMILES string of the molecule is C=CCC(/C=C/C)CC(N)=O. The first-order chi connectivity index (χ1) is 5.20. The topological polar surface area (TPSA) is 43.1 Å². The molecule has 0 aromatic rings. The van der Waals surface area contributed by atoms with Crippen LogP contribution in [-0.2, 0) is 4.79 Å². The zero-order valence-electron chi connectivity index (χ0n) is 6.92. The number of carbonyl (C=O) groups excluding carboxylic acids is 1. The summed E-state index contributed by atoms with van der Waals surface area (Å²) in [7, 11) is 0. The largest absolute Gasteiger partial charge is 0.370 e. The van der Waals surface area contributed by atoms with Gasteiger partial charge in [0.2, 0.25) is 5.91 Å². The monoisotopic (exact) mass is 153 g/mol. The lowest BCUT2D eigenvalue weighted by Gasteiger charge is -2.05. The van der Waals surface area contributed by atoms with Gasteiger partial charge in [0.25, 0.3) is 0 Å². The van der Waals surface area contributed by atoms with Crippen molar-refractivity contribution in [1.82, 2.24) is 0 Å². The number of carbonyl (C=O) groups is 1. The highest BCUT2D eigenvalue weighted by Crippen LogP contribution is 2.09. The minimum absolute atomic E-state index is 0.231. The molecule has 0 bridgehead atoms. The Hall–Kier alpha value is -1.05. The van der Waals surface area contributed by atoms with E-state index in [0.29, 0.717) is 6.42 Å². The third-order valence-corrected chi connectivity index (χ3v) is 1.40. The number of hydrogen-bond donors (Lipinski definition) is 1. The second-order valence-electron chi connectivity index (χ2n) is 2.48. The summed E-state index contributed by atoms with van der Waals surface area (Å²) in [5.74, 6) is -0.0232. The molecule has 1 amide bonds. The Morgan fingerprint density at radius 3 is 2.73 bits per heavy atom. The van der Waals surface area contributed by atoms with E-state index in [1.54, 1.807) is 6.08 Å². The molecule has 2 nitrogen and oxygen atoms in total. The van der Waals surface area contributed by atoms with E-state index in [-0.39, 0.29) is 11.8 Å². The molecular formula is C9H15NO. The maximum atomic E-state index is 10.5. The van der Waals surface area contributed by atoms with Crippen molar-refractivity contribution in [2.75, 3.05) is 0 Å². The van der Waals surface area contributed by atoms with Crippen LogP contribution in [-0.4, -0.2) is 5.91 Å². The van der Waals surface area contributed by atoms with E-state index in [2.05, 4.69) is 6.58 Å². The Morgan fingerprint density at radius 1 is 1.73 bits per heavy atom. The normalized spacial score (nSPS) is 13.2. The van der Waals surface area contributed by atoms with Crippen LogP contribution in [0.2, 0.25) is 0 Å². The van der Waals surface area contributed by atoms with Crippen molar-refractivity contribution >= 4 is 5.91 Å².